The molecule has 2 aromatic carbocycles. The Balaban J connectivity index is 1.37. The zero-order valence-electron chi connectivity index (χ0n) is 20.0. The monoisotopic (exact) mass is 464 g/mol. The van der Waals surface area contributed by atoms with Gasteiger partial charge in [0.25, 0.3) is 0 Å². The summed E-state index contributed by atoms with van der Waals surface area (Å²) in [6.07, 6.45) is 7.04. The lowest BCUT2D eigenvalue weighted by Gasteiger charge is -2.36. The van der Waals surface area contributed by atoms with E-state index in [2.05, 4.69) is 40.3 Å². The van der Waals surface area contributed by atoms with Crippen LogP contribution in [0.15, 0.2) is 66.9 Å². The fourth-order valence-corrected chi connectivity index (χ4v) is 5.23. The smallest absolute Gasteiger partial charge is 0.247 e. The third-order valence-electron chi connectivity index (χ3n) is 6.99. The summed E-state index contributed by atoms with van der Waals surface area (Å²) in [5.41, 5.74) is 6.75. The summed E-state index contributed by atoms with van der Waals surface area (Å²) in [6.45, 7) is 1.38. The van der Waals surface area contributed by atoms with Gasteiger partial charge in [-0.05, 0) is 65.1 Å². The number of H-pyrrole nitrogens is 1. The lowest BCUT2D eigenvalue weighted by Crippen LogP contribution is -2.39. The molecule has 0 saturated heterocycles. The van der Waals surface area contributed by atoms with Crippen LogP contribution in [-0.2, 0) is 17.6 Å². The van der Waals surface area contributed by atoms with Crippen molar-refractivity contribution in [3.05, 3.63) is 94.8 Å². The van der Waals surface area contributed by atoms with E-state index in [-0.39, 0.29) is 11.9 Å². The molecular weight excluding hydrogens is 436 g/mol. The van der Waals surface area contributed by atoms with E-state index in [4.69, 9.17) is 4.74 Å². The second-order valence-corrected chi connectivity index (χ2v) is 9.39. The van der Waals surface area contributed by atoms with Gasteiger partial charge in [0.2, 0.25) is 5.91 Å². The summed E-state index contributed by atoms with van der Waals surface area (Å²) in [7, 11) is 3.92. The van der Waals surface area contributed by atoms with Gasteiger partial charge in [0.05, 0.1) is 12.6 Å². The molecule has 4 heterocycles. The Morgan fingerprint density at radius 2 is 2.03 bits per heavy atom. The number of carbonyl (C=O) groups excluding carboxylic acids is 1. The number of pyridine rings is 1. The van der Waals surface area contributed by atoms with Crippen LogP contribution < -0.4 is 9.64 Å². The second kappa shape index (κ2) is 8.62. The Bertz CT molecular complexity index is 1440. The van der Waals surface area contributed by atoms with Crippen molar-refractivity contribution in [1.29, 1.82) is 0 Å². The number of amides is 1. The van der Waals surface area contributed by atoms with E-state index in [1.54, 1.807) is 12.3 Å². The number of rotatable bonds is 4. The average Bonchev–Trinajstić information content (AvgIpc) is 3.51. The van der Waals surface area contributed by atoms with E-state index < -0.39 is 0 Å². The van der Waals surface area contributed by atoms with Crippen LogP contribution in [0.25, 0.3) is 17.0 Å². The van der Waals surface area contributed by atoms with E-state index in [1.807, 2.05) is 54.2 Å². The van der Waals surface area contributed by atoms with Crippen molar-refractivity contribution < 1.29 is 9.53 Å². The van der Waals surface area contributed by atoms with Gasteiger partial charge in [-0.2, -0.15) is 0 Å². The number of para-hydroxylation sites is 1. The average molecular weight is 465 g/mol. The number of aromatic nitrogens is 2. The topological polar surface area (TPSA) is 61.5 Å². The molecule has 6 nitrogen and oxygen atoms in total. The second-order valence-electron chi connectivity index (χ2n) is 9.39. The zero-order chi connectivity index (χ0) is 23.9. The van der Waals surface area contributed by atoms with Crippen LogP contribution >= 0.6 is 0 Å². The number of anilines is 1. The van der Waals surface area contributed by atoms with Gasteiger partial charge in [-0.3, -0.25) is 4.79 Å². The maximum atomic E-state index is 13.6. The molecule has 0 bridgehead atoms. The SMILES string of the molecule is CN(C)c1ccc(C=CC(=O)N2CCc3c([nH]c4ccccc34)[C@H]2c2ccc3c(c2)CCO3)cn1. The number of nitrogens with zero attached hydrogens (tertiary/aromatic N) is 3. The van der Waals surface area contributed by atoms with E-state index in [1.165, 1.54) is 16.5 Å². The van der Waals surface area contributed by atoms with E-state index in [0.717, 1.165) is 46.7 Å². The van der Waals surface area contributed by atoms with Crippen molar-refractivity contribution in [3.63, 3.8) is 0 Å². The van der Waals surface area contributed by atoms with Gasteiger partial charge in [-0.1, -0.05) is 24.3 Å². The van der Waals surface area contributed by atoms with Gasteiger partial charge in [-0.25, -0.2) is 4.98 Å². The number of hydrogen-bond acceptors (Lipinski definition) is 4. The van der Waals surface area contributed by atoms with Crippen molar-refractivity contribution >= 4 is 28.7 Å². The van der Waals surface area contributed by atoms with Gasteiger partial charge in [0.1, 0.15) is 11.6 Å². The summed E-state index contributed by atoms with van der Waals surface area (Å²) in [6, 6.07) is 18.5. The molecule has 0 aliphatic carbocycles. The maximum Gasteiger partial charge on any atom is 0.247 e. The van der Waals surface area contributed by atoms with Crippen LogP contribution in [0.5, 0.6) is 5.75 Å². The first-order valence-corrected chi connectivity index (χ1v) is 12.1. The van der Waals surface area contributed by atoms with E-state index in [0.29, 0.717) is 13.2 Å². The summed E-state index contributed by atoms with van der Waals surface area (Å²) >= 11 is 0. The molecule has 0 saturated carbocycles. The highest BCUT2D eigenvalue weighted by atomic mass is 16.5. The Hall–Kier alpha value is -4.06. The molecule has 1 N–H and O–H groups in total. The van der Waals surface area contributed by atoms with Crippen LogP contribution in [0, 0.1) is 0 Å². The molecule has 1 amide bonds. The van der Waals surface area contributed by atoms with E-state index >= 15 is 0 Å². The number of ether oxygens (including phenoxy) is 1. The van der Waals surface area contributed by atoms with Crippen LogP contribution in [0.4, 0.5) is 5.82 Å². The number of benzene rings is 2. The number of aromatic amines is 1. The van der Waals surface area contributed by atoms with E-state index in [9.17, 15) is 4.79 Å². The normalized spacial score (nSPS) is 16.9. The predicted molar refractivity (Wildman–Crippen MR) is 139 cm³/mol. The van der Waals surface area contributed by atoms with Crippen LogP contribution in [0.1, 0.15) is 34.0 Å². The highest BCUT2D eigenvalue weighted by Gasteiger charge is 2.34. The maximum absolute atomic E-state index is 13.6. The van der Waals surface area contributed by atoms with Gasteiger partial charge >= 0.3 is 0 Å². The zero-order valence-corrected chi connectivity index (χ0v) is 20.0. The highest BCUT2D eigenvalue weighted by Crippen LogP contribution is 2.40. The van der Waals surface area contributed by atoms with Crippen LogP contribution in [0.3, 0.4) is 0 Å². The van der Waals surface area contributed by atoms with Crippen molar-refractivity contribution in [2.75, 3.05) is 32.1 Å². The van der Waals surface area contributed by atoms with Gasteiger partial charge in [0, 0.05) is 55.9 Å². The Kier molecular flexibility index (Phi) is 5.29. The molecule has 4 aromatic rings. The molecule has 0 spiro atoms. The minimum Gasteiger partial charge on any atom is -0.493 e. The lowest BCUT2D eigenvalue weighted by atomic mass is 9.91. The summed E-state index contributed by atoms with van der Waals surface area (Å²) in [4.78, 5) is 25.6. The summed E-state index contributed by atoms with van der Waals surface area (Å²) < 4.78 is 5.73. The Labute approximate surface area is 204 Å². The molecular formula is C29H28N4O2. The van der Waals surface area contributed by atoms with Crippen molar-refractivity contribution in [2.24, 2.45) is 0 Å². The minimum atomic E-state index is -0.177. The summed E-state index contributed by atoms with van der Waals surface area (Å²) in [5.74, 6) is 1.83. The predicted octanol–water partition coefficient (Wildman–Crippen LogP) is 4.75. The molecule has 176 valence electrons. The fourth-order valence-electron chi connectivity index (χ4n) is 5.23. The van der Waals surface area contributed by atoms with Crippen LogP contribution in [-0.4, -0.2) is 48.0 Å². The molecule has 1 atom stereocenters. The third kappa shape index (κ3) is 3.85. The van der Waals surface area contributed by atoms with Crippen LogP contribution in [0.2, 0.25) is 0 Å². The first kappa shape index (κ1) is 21.5. The number of fused-ring (bicyclic) bond motifs is 4. The van der Waals surface area contributed by atoms with Crippen molar-refractivity contribution in [3.8, 4) is 5.75 Å². The standard InChI is InChI=1S/C29H28N4O2/c1-32(2)26-11-7-19(18-30-26)8-12-27(34)33-15-13-23-22-5-3-4-6-24(22)31-28(23)29(33)21-9-10-25-20(17-21)14-16-35-25/h3-12,17-18,29,31H,13-16H2,1-2H3/t29-/m1/s1. The number of carbonyl (C=O) groups is 1. The minimum absolute atomic E-state index is 0.00672. The molecule has 2 aliphatic heterocycles. The van der Waals surface area contributed by atoms with Gasteiger partial charge in [0.15, 0.2) is 0 Å². The Morgan fingerprint density at radius 3 is 2.86 bits per heavy atom. The third-order valence-corrected chi connectivity index (χ3v) is 6.99. The van der Waals surface area contributed by atoms with Crippen molar-refractivity contribution in [2.45, 2.75) is 18.9 Å². The highest BCUT2D eigenvalue weighted by molar-refractivity contribution is 5.93. The molecule has 35 heavy (non-hydrogen) atoms. The molecule has 0 fully saturated rings. The number of hydrogen-bond donors (Lipinski definition) is 1. The largest absolute Gasteiger partial charge is 0.493 e. The van der Waals surface area contributed by atoms with Gasteiger partial charge < -0.3 is 19.5 Å². The molecule has 0 unspecified atom stereocenters. The first-order chi connectivity index (χ1) is 17.1. The van der Waals surface area contributed by atoms with Crippen molar-refractivity contribution in [1.82, 2.24) is 14.9 Å². The molecule has 0 radical (unpaired) electrons. The van der Waals surface area contributed by atoms with Gasteiger partial charge in [-0.15, -0.1) is 0 Å². The number of nitrogens with one attached hydrogen (secondary N) is 1. The molecule has 2 aliphatic rings. The Morgan fingerprint density at radius 1 is 1.14 bits per heavy atom. The first-order valence-electron chi connectivity index (χ1n) is 12.1. The molecule has 2 aromatic heterocycles. The summed E-state index contributed by atoms with van der Waals surface area (Å²) in [5, 5.41) is 1.24. The fraction of sp³-hybridized carbons (Fsp3) is 0.241. The molecule has 6 heteroatoms. The lowest BCUT2D eigenvalue weighted by molar-refractivity contribution is -0.128. The quantitative estimate of drug-likeness (QED) is 0.443. The molecule has 6 rings (SSSR count).